The summed E-state index contributed by atoms with van der Waals surface area (Å²) in [6.07, 6.45) is 5.05. The van der Waals surface area contributed by atoms with Crippen LogP contribution in [-0.2, 0) is 16.6 Å². The van der Waals surface area contributed by atoms with Crippen LogP contribution in [0.1, 0.15) is 16.2 Å². The van der Waals surface area contributed by atoms with E-state index in [1.165, 1.54) is 0 Å². The standard InChI is InChI=1S/C20H27N7O3/c1-15-11-17(23-24(15)2)20(29)27-9-10-30-14-16(13-27)19(28)26-7-5-25(6-8-26)18-12-21-3-4-22-18/h3-4,11-12,16H,5-10,13-14H2,1-2H3. The Morgan fingerprint density at radius 3 is 2.57 bits per heavy atom. The largest absolute Gasteiger partial charge is 0.379 e. The van der Waals surface area contributed by atoms with Gasteiger partial charge in [0.15, 0.2) is 5.69 Å². The fourth-order valence-electron chi connectivity index (χ4n) is 3.84. The Morgan fingerprint density at radius 1 is 1.10 bits per heavy atom. The monoisotopic (exact) mass is 413 g/mol. The molecule has 10 nitrogen and oxygen atoms in total. The van der Waals surface area contributed by atoms with Crippen LogP contribution in [0.15, 0.2) is 24.7 Å². The number of amides is 2. The van der Waals surface area contributed by atoms with Gasteiger partial charge < -0.3 is 19.4 Å². The number of piperazine rings is 1. The maximum Gasteiger partial charge on any atom is 0.274 e. The van der Waals surface area contributed by atoms with Crippen molar-refractivity contribution in [3.8, 4) is 0 Å². The molecule has 0 spiro atoms. The molecule has 2 amide bonds. The molecule has 0 saturated carbocycles. The molecule has 160 valence electrons. The summed E-state index contributed by atoms with van der Waals surface area (Å²) in [5.41, 5.74) is 1.32. The average molecular weight is 413 g/mol. The molecule has 0 bridgehead atoms. The maximum absolute atomic E-state index is 13.2. The van der Waals surface area contributed by atoms with Gasteiger partial charge in [0.05, 0.1) is 25.3 Å². The molecule has 1 unspecified atom stereocenters. The van der Waals surface area contributed by atoms with Crippen LogP contribution in [0.5, 0.6) is 0 Å². The van der Waals surface area contributed by atoms with E-state index in [-0.39, 0.29) is 17.7 Å². The van der Waals surface area contributed by atoms with Gasteiger partial charge in [0.1, 0.15) is 5.82 Å². The third-order valence-electron chi connectivity index (χ3n) is 5.70. The first-order chi connectivity index (χ1) is 14.5. The van der Waals surface area contributed by atoms with Crippen molar-refractivity contribution in [1.82, 2.24) is 29.5 Å². The van der Waals surface area contributed by atoms with Crippen LogP contribution < -0.4 is 4.90 Å². The zero-order chi connectivity index (χ0) is 21.1. The summed E-state index contributed by atoms with van der Waals surface area (Å²) in [4.78, 5) is 40.2. The van der Waals surface area contributed by atoms with Gasteiger partial charge in [0.25, 0.3) is 5.91 Å². The quantitative estimate of drug-likeness (QED) is 0.696. The minimum Gasteiger partial charge on any atom is -0.379 e. The minimum absolute atomic E-state index is 0.0331. The van der Waals surface area contributed by atoms with E-state index in [1.807, 2.05) is 18.9 Å². The molecule has 2 fully saturated rings. The van der Waals surface area contributed by atoms with Crippen molar-refractivity contribution in [2.45, 2.75) is 6.92 Å². The number of nitrogens with zero attached hydrogens (tertiary/aromatic N) is 7. The van der Waals surface area contributed by atoms with Crippen molar-refractivity contribution in [3.05, 3.63) is 36.0 Å². The highest BCUT2D eigenvalue weighted by atomic mass is 16.5. The van der Waals surface area contributed by atoms with Gasteiger partial charge in [-0.15, -0.1) is 0 Å². The van der Waals surface area contributed by atoms with Crippen molar-refractivity contribution in [2.75, 3.05) is 57.4 Å². The van der Waals surface area contributed by atoms with Crippen LogP contribution in [0.25, 0.3) is 0 Å². The molecular formula is C20H27N7O3. The van der Waals surface area contributed by atoms with Crippen LogP contribution in [0.3, 0.4) is 0 Å². The highest BCUT2D eigenvalue weighted by molar-refractivity contribution is 5.93. The van der Waals surface area contributed by atoms with Gasteiger partial charge in [-0.3, -0.25) is 19.3 Å². The van der Waals surface area contributed by atoms with Crippen molar-refractivity contribution in [1.29, 1.82) is 0 Å². The highest BCUT2D eigenvalue weighted by Crippen LogP contribution is 2.17. The number of carbonyl (C=O) groups is 2. The minimum atomic E-state index is -0.371. The van der Waals surface area contributed by atoms with Gasteiger partial charge >= 0.3 is 0 Å². The zero-order valence-corrected chi connectivity index (χ0v) is 17.4. The lowest BCUT2D eigenvalue weighted by molar-refractivity contribution is -0.137. The molecule has 0 radical (unpaired) electrons. The van der Waals surface area contributed by atoms with Crippen molar-refractivity contribution < 1.29 is 14.3 Å². The molecule has 2 aliphatic rings. The molecule has 0 aliphatic carbocycles. The van der Waals surface area contributed by atoms with Crippen LogP contribution in [0.2, 0.25) is 0 Å². The Kier molecular flexibility index (Phi) is 5.93. The molecule has 2 aromatic heterocycles. The number of hydrogen-bond acceptors (Lipinski definition) is 7. The van der Waals surface area contributed by atoms with Gasteiger partial charge in [0, 0.05) is 64.4 Å². The average Bonchev–Trinajstić information content (AvgIpc) is 2.97. The topological polar surface area (TPSA) is 96.7 Å². The van der Waals surface area contributed by atoms with E-state index < -0.39 is 0 Å². The smallest absolute Gasteiger partial charge is 0.274 e. The second kappa shape index (κ2) is 8.78. The molecule has 2 aliphatic heterocycles. The van der Waals surface area contributed by atoms with Gasteiger partial charge in [-0.2, -0.15) is 5.10 Å². The van der Waals surface area contributed by atoms with E-state index in [0.717, 1.165) is 11.5 Å². The Morgan fingerprint density at radius 2 is 1.90 bits per heavy atom. The second-order valence-electron chi connectivity index (χ2n) is 7.69. The predicted octanol–water partition coefficient (Wildman–Crippen LogP) is -0.0441. The van der Waals surface area contributed by atoms with Crippen LogP contribution >= 0.6 is 0 Å². The SMILES string of the molecule is Cc1cc(C(=O)N2CCOCC(C(=O)N3CCN(c4cnccn4)CC3)C2)nn1C. The fourth-order valence-corrected chi connectivity index (χ4v) is 3.84. The number of aromatic nitrogens is 4. The third kappa shape index (κ3) is 4.28. The summed E-state index contributed by atoms with van der Waals surface area (Å²) in [7, 11) is 1.81. The van der Waals surface area contributed by atoms with E-state index in [9.17, 15) is 9.59 Å². The Hall–Kier alpha value is -3.01. The van der Waals surface area contributed by atoms with Crippen LogP contribution in [0, 0.1) is 12.8 Å². The number of rotatable bonds is 3. The molecule has 10 heteroatoms. The van der Waals surface area contributed by atoms with E-state index in [1.54, 1.807) is 34.2 Å². The van der Waals surface area contributed by atoms with Gasteiger partial charge in [-0.25, -0.2) is 4.98 Å². The third-order valence-corrected chi connectivity index (χ3v) is 5.70. The lowest BCUT2D eigenvalue weighted by Crippen LogP contribution is -2.52. The van der Waals surface area contributed by atoms with Crippen molar-refractivity contribution in [3.63, 3.8) is 0 Å². The Labute approximate surface area is 175 Å². The van der Waals surface area contributed by atoms with E-state index in [4.69, 9.17) is 4.74 Å². The number of anilines is 1. The Balaban J connectivity index is 1.38. The molecule has 1 atom stereocenters. The first-order valence-electron chi connectivity index (χ1n) is 10.2. The summed E-state index contributed by atoms with van der Waals surface area (Å²) in [5.74, 6) is 0.328. The number of hydrogen-bond donors (Lipinski definition) is 0. The normalized spacial score (nSPS) is 20.2. The molecule has 2 aromatic rings. The van der Waals surface area contributed by atoms with Gasteiger partial charge in [-0.1, -0.05) is 0 Å². The van der Waals surface area contributed by atoms with Crippen LogP contribution in [0.4, 0.5) is 5.82 Å². The van der Waals surface area contributed by atoms with Crippen molar-refractivity contribution in [2.24, 2.45) is 13.0 Å². The predicted molar refractivity (Wildman–Crippen MR) is 109 cm³/mol. The molecule has 30 heavy (non-hydrogen) atoms. The first kappa shape index (κ1) is 20.3. The lowest BCUT2D eigenvalue weighted by Gasteiger charge is -2.37. The summed E-state index contributed by atoms with van der Waals surface area (Å²) in [6.45, 7) is 6.08. The number of ether oxygens (including phenoxy) is 1. The molecule has 0 aromatic carbocycles. The molecule has 0 N–H and O–H groups in total. The summed E-state index contributed by atoms with van der Waals surface area (Å²) >= 11 is 0. The van der Waals surface area contributed by atoms with Crippen LogP contribution in [-0.4, -0.2) is 93.8 Å². The van der Waals surface area contributed by atoms with E-state index in [0.29, 0.717) is 58.2 Å². The van der Waals surface area contributed by atoms with Gasteiger partial charge in [0.2, 0.25) is 5.91 Å². The zero-order valence-electron chi connectivity index (χ0n) is 17.4. The number of aryl methyl sites for hydroxylation is 2. The van der Waals surface area contributed by atoms with E-state index in [2.05, 4.69) is 20.0 Å². The van der Waals surface area contributed by atoms with E-state index >= 15 is 0 Å². The molecular weight excluding hydrogens is 386 g/mol. The molecule has 2 saturated heterocycles. The summed E-state index contributed by atoms with van der Waals surface area (Å²) in [6, 6.07) is 1.77. The second-order valence-corrected chi connectivity index (χ2v) is 7.69. The number of carbonyl (C=O) groups excluding carboxylic acids is 2. The lowest BCUT2D eigenvalue weighted by atomic mass is 10.1. The molecule has 4 heterocycles. The Bertz CT molecular complexity index is 874. The summed E-state index contributed by atoms with van der Waals surface area (Å²) < 4.78 is 7.34. The highest BCUT2D eigenvalue weighted by Gasteiger charge is 2.33. The maximum atomic E-state index is 13.2. The summed E-state index contributed by atoms with van der Waals surface area (Å²) in [5, 5.41) is 4.29. The van der Waals surface area contributed by atoms with Gasteiger partial charge in [-0.05, 0) is 13.0 Å². The fraction of sp³-hybridized carbons (Fsp3) is 0.550. The van der Waals surface area contributed by atoms with Crippen molar-refractivity contribution >= 4 is 17.6 Å². The molecule has 4 rings (SSSR count). The first-order valence-corrected chi connectivity index (χ1v) is 10.2.